The van der Waals surface area contributed by atoms with Crippen LogP contribution in [0.5, 0.6) is 0 Å². The van der Waals surface area contributed by atoms with Gasteiger partial charge >= 0.3 is 0 Å². The normalized spacial score (nSPS) is 12.3. The van der Waals surface area contributed by atoms with Crippen LogP contribution in [-0.2, 0) is 4.79 Å². The average Bonchev–Trinajstić information content (AvgIpc) is 2.56. The lowest BCUT2D eigenvalue weighted by Gasteiger charge is -2.12. The summed E-state index contributed by atoms with van der Waals surface area (Å²) in [6.45, 7) is 6.34. The van der Waals surface area contributed by atoms with E-state index in [1.165, 1.54) is 70.6 Å². The van der Waals surface area contributed by atoms with E-state index in [-0.39, 0.29) is 13.3 Å². The van der Waals surface area contributed by atoms with E-state index >= 15 is 0 Å². The largest absolute Gasteiger partial charge is 0.356 e. The van der Waals surface area contributed by atoms with Gasteiger partial charge in [-0.3, -0.25) is 4.79 Å². The highest BCUT2D eigenvalue weighted by molar-refractivity contribution is 5.78. The van der Waals surface area contributed by atoms with Gasteiger partial charge in [0.25, 0.3) is 0 Å². The standard InChI is InChI=1S/C20H42N2O.H2/c1-4-5-6-7-8-9-10-11-12-13-16-19(2)20(23)22-18-15-14-17-21-3;/h19,21H,4-18H2,1-3H3,(H,22,23);1H/p+1. The number of rotatable bonds is 17. The molecule has 1 atom stereocenters. The molecule has 0 fully saturated rings. The van der Waals surface area contributed by atoms with Gasteiger partial charge in [-0.05, 0) is 19.3 Å². The van der Waals surface area contributed by atoms with Crippen molar-refractivity contribution < 1.29 is 11.5 Å². The van der Waals surface area contributed by atoms with Crippen LogP contribution in [0.3, 0.4) is 0 Å². The zero-order valence-electron chi connectivity index (χ0n) is 16.2. The molecule has 0 aliphatic rings. The van der Waals surface area contributed by atoms with E-state index in [2.05, 4.69) is 31.5 Å². The highest BCUT2D eigenvalue weighted by atomic mass is 16.1. The van der Waals surface area contributed by atoms with Gasteiger partial charge < -0.3 is 10.6 Å². The summed E-state index contributed by atoms with van der Waals surface area (Å²) in [6, 6.07) is 0. The first-order valence-electron chi connectivity index (χ1n) is 10.3. The Balaban J connectivity index is 0. The van der Waals surface area contributed by atoms with Crippen LogP contribution in [0, 0.1) is 5.92 Å². The maximum atomic E-state index is 11.9. The Morgan fingerprint density at radius 3 is 2.04 bits per heavy atom. The third kappa shape index (κ3) is 16.1. The van der Waals surface area contributed by atoms with Gasteiger partial charge in [-0.15, -0.1) is 0 Å². The first-order valence-corrected chi connectivity index (χ1v) is 10.3. The van der Waals surface area contributed by atoms with Crippen LogP contribution in [0.15, 0.2) is 0 Å². The fraction of sp³-hybridized carbons (Fsp3) is 0.950. The first-order chi connectivity index (χ1) is 11.2. The average molecular weight is 330 g/mol. The predicted molar refractivity (Wildman–Crippen MR) is 103 cm³/mol. The summed E-state index contributed by atoms with van der Waals surface area (Å²) >= 11 is 0. The summed E-state index contributed by atoms with van der Waals surface area (Å²) < 4.78 is 0. The van der Waals surface area contributed by atoms with Crippen molar-refractivity contribution in [2.24, 2.45) is 5.92 Å². The van der Waals surface area contributed by atoms with Gasteiger partial charge in [0, 0.05) is 13.9 Å². The molecule has 0 bridgehead atoms. The number of carbonyl (C=O) groups is 1. The summed E-state index contributed by atoms with van der Waals surface area (Å²) in [7, 11) is 2.09. The molecule has 0 aromatic carbocycles. The summed E-state index contributed by atoms with van der Waals surface area (Å²) in [5.74, 6) is 0.434. The molecular formula is C20H45N2O+. The van der Waals surface area contributed by atoms with Crippen molar-refractivity contribution in [2.45, 2.75) is 97.3 Å². The lowest BCUT2D eigenvalue weighted by Crippen LogP contribution is -2.79. The molecule has 1 amide bonds. The van der Waals surface area contributed by atoms with Gasteiger partial charge in [0.15, 0.2) is 0 Å². The number of nitrogens with two attached hydrogens (primary N) is 1. The van der Waals surface area contributed by atoms with E-state index < -0.39 is 0 Å². The number of hydrogen-bond donors (Lipinski definition) is 2. The highest BCUT2D eigenvalue weighted by Gasteiger charge is 2.11. The zero-order chi connectivity index (χ0) is 17.2. The summed E-state index contributed by atoms with van der Waals surface area (Å²) in [5, 5.41) is 5.26. The number of nitrogens with one attached hydrogen (secondary N) is 1. The van der Waals surface area contributed by atoms with Crippen LogP contribution in [0.2, 0.25) is 0 Å². The Kier molecular flexibility index (Phi) is 17.3. The molecule has 1 unspecified atom stereocenters. The number of carbonyl (C=O) groups excluding carboxylic acids is 1. The molecule has 23 heavy (non-hydrogen) atoms. The summed E-state index contributed by atoms with van der Waals surface area (Å²) in [6.07, 6.45) is 16.9. The van der Waals surface area contributed by atoms with Crippen molar-refractivity contribution in [3.8, 4) is 0 Å². The van der Waals surface area contributed by atoms with Gasteiger partial charge in [0.2, 0.25) is 5.91 Å². The highest BCUT2D eigenvalue weighted by Crippen LogP contribution is 2.14. The Morgan fingerprint density at radius 2 is 1.48 bits per heavy atom. The van der Waals surface area contributed by atoms with E-state index in [9.17, 15) is 4.79 Å². The minimum atomic E-state index is 0. The predicted octanol–water partition coefficient (Wildman–Crippen LogP) is 4.27. The molecular weight excluding hydrogens is 284 g/mol. The second-order valence-electron chi connectivity index (χ2n) is 7.07. The summed E-state index contributed by atoms with van der Waals surface area (Å²) in [4.78, 5) is 11.9. The van der Waals surface area contributed by atoms with Crippen molar-refractivity contribution in [2.75, 3.05) is 20.1 Å². The molecule has 0 aliphatic heterocycles. The SMILES string of the molecule is CCCCCCCCCCCCC(C)C(=O)NCCCC[NH2+]C.[HH]. The number of unbranched alkanes of at least 4 members (excludes halogenated alkanes) is 10. The number of amides is 1. The molecule has 0 saturated heterocycles. The maximum Gasteiger partial charge on any atom is 0.222 e. The third-order valence-electron chi connectivity index (χ3n) is 4.66. The second-order valence-corrected chi connectivity index (χ2v) is 7.07. The van der Waals surface area contributed by atoms with Crippen LogP contribution in [-0.4, -0.2) is 26.0 Å². The lowest BCUT2D eigenvalue weighted by molar-refractivity contribution is -0.627. The van der Waals surface area contributed by atoms with Gasteiger partial charge in [-0.25, -0.2) is 0 Å². The van der Waals surface area contributed by atoms with Gasteiger partial charge in [0.05, 0.1) is 13.6 Å². The van der Waals surface area contributed by atoms with Crippen LogP contribution < -0.4 is 10.6 Å². The Labute approximate surface area is 146 Å². The van der Waals surface area contributed by atoms with Crippen LogP contribution in [0.25, 0.3) is 0 Å². The molecule has 0 saturated carbocycles. The molecule has 0 heterocycles. The monoisotopic (exact) mass is 329 g/mol. The van der Waals surface area contributed by atoms with E-state index in [4.69, 9.17) is 0 Å². The lowest BCUT2D eigenvalue weighted by atomic mass is 10.0. The molecule has 0 aromatic rings. The fourth-order valence-corrected chi connectivity index (χ4v) is 2.93. The maximum absolute atomic E-state index is 11.9. The zero-order valence-corrected chi connectivity index (χ0v) is 16.2. The molecule has 3 N–H and O–H groups in total. The van der Waals surface area contributed by atoms with Crippen LogP contribution in [0.1, 0.15) is 98.7 Å². The quantitative estimate of drug-likeness (QED) is 0.385. The van der Waals surface area contributed by atoms with Gasteiger partial charge in [-0.1, -0.05) is 78.1 Å². The fourth-order valence-electron chi connectivity index (χ4n) is 2.93. The minimum absolute atomic E-state index is 0. The Morgan fingerprint density at radius 1 is 0.913 bits per heavy atom. The smallest absolute Gasteiger partial charge is 0.222 e. The van der Waals surface area contributed by atoms with Crippen molar-refractivity contribution >= 4 is 5.91 Å². The molecule has 3 heteroatoms. The second kappa shape index (κ2) is 17.8. The molecule has 0 aromatic heterocycles. The van der Waals surface area contributed by atoms with Crippen molar-refractivity contribution in [3.05, 3.63) is 0 Å². The van der Waals surface area contributed by atoms with Crippen molar-refractivity contribution in [1.82, 2.24) is 5.32 Å². The molecule has 3 nitrogen and oxygen atoms in total. The minimum Gasteiger partial charge on any atom is -0.356 e. The van der Waals surface area contributed by atoms with E-state index in [1.54, 1.807) is 0 Å². The molecule has 140 valence electrons. The Hall–Kier alpha value is -0.570. The number of hydrogen-bond acceptors (Lipinski definition) is 1. The summed E-state index contributed by atoms with van der Waals surface area (Å²) in [5.41, 5.74) is 0. The third-order valence-corrected chi connectivity index (χ3v) is 4.66. The van der Waals surface area contributed by atoms with E-state index in [0.29, 0.717) is 0 Å². The van der Waals surface area contributed by atoms with Gasteiger partial charge in [0.1, 0.15) is 0 Å². The molecule has 0 rings (SSSR count). The molecule has 0 aliphatic carbocycles. The van der Waals surface area contributed by atoms with E-state index in [0.717, 1.165) is 25.9 Å². The van der Waals surface area contributed by atoms with Crippen LogP contribution in [0.4, 0.5) is 0 Å². The Bertz CT molecular complexity index is 262. The molecule has 0 spiro atoms. The van der Waals surface area contributed by atoms with Gasteiger partial charge in [-0.2, -0.15) is 0 Å². The number of quaternary nitrogens is 1. The van der Waals surface area contributed by atoms with E-state index in [1.807, 2.05) is 0 Å². The van der Waals surface area contributed by atoms with Crippen LogP contribution >= 0.6 is 0 Å². The first kappa shape index (κ1) is 22.4. The van der Waals surface area contributed by atoms with Crippen molar-refractivity contribution in [3.63, 3.8) is 0 Å². The molecule has 0 radical (unpaired) electrons. The topological polar surface area (TPSA) is 45.7 Å². The van der Waals surface area contributed by atoms with Crippen molar-refractivity contribution in [1.29, 1.82) is 0 Å².